The second-order valence-electron chi connectivity index (χ2n) is 4.53. The van der Waals surface area contributed by atoms with E-state index in [1.54, 1.807) is 6.20 Å². The summed E-state index contributed by atoms with van der Waals surface area (Å²) in [5.74, 6) is 0.0916. The molecule has 3 N–H and O–H groups in total. The van der Waals surface area contributed by atoms with Gasteiger partial charge in [0.05, 0.1) is 11.7 Å². The fourth-order valence-corrected chi connectivity index (χ4v) is 2.29. The van der Waals surface area contributed by atoms with Crippen molar-refractivity contribution in [3.8, 4) is 0 Å². The molecule has 1 aliphatic heterocycles. The molecular formula is C13H20N4O. The van der Waals surface area contributed by atoms with Gasteiger partial charge < -0.3 is 11.1 Å². The fourth-order valence-electron chi connectivity index (χ4n) is 2.29. The summed E-state index contributed by atoms with van der Waals surface area (Å²) in [4.78, 5) is 18.5. The smallest absolute Gasteiger partial charge is 0.237 e. The normalized spacial score (nSPS) is 21.4. The van der Waals surface area contributed by atoms with Crippen LogP contribution in [-0.4, -0.2) is 41.5 Å². The van der Waals surface area contributed by atoms with Gasteiger partial charge in [0.25, 0.3) is 0 Å². The highest BCUT2D eigenvalue weighted by molar-refractivity contribution is 5.81. The quantitative estimate of drug-likeness (QED) is 0.794. The molecule has 1 atom stereocenters. The van der Waals surface area contributed by atoms with Gasteiger partial charge >= 0.3 is 0 Å². The number of pyridine rings is 1. The first kappa shape index (κ1) is 13.0. The van der Waals surface area contributed by atoms with E-state index in [2.05, 4.69) is 15.2 Å². The maximum Gasteiger partial charge on any atom is 0.237 e. The predicted molar refractivity (Wildman–Crippen MR) is 69.7 cm³/mol. The van der Waals surface area contributed by atoms with Crippen LogP contribution < -0.4 is 11.1 Å². The van der Waals surface area contributed by atoms with Crippen molar-refractivity contribution in [1.82, 2.24) is 15.2 Å². The first-order chi connectivity index (χ1) is 8.81. The molecule has 1 amide bonds. The van der Waals surface area contributed by atoms with Crippen LogP contribution >= 0.6 is 0 Å². The van der Waals surface area contributed by atoms with Crippen molar-refractivity contribution >= 4 is 5.91 Å². The van der Waals surface area contributed by atoms with E-state index in [9.17, 15) is 4.79 Å². The van der Waals surface area contributed by atoms with Gasteiger partial charge in [-0.3, -0.25) is 14.7 Å². The standard InChI is InChI=1S/C13H20N4O/c14-6-5-12-13(18)16-8-3-9-17(12)10-11-4-1-2-7-15-11/h1-2,4,7,12H,3,5-6,8-10,14H2,(H,16,18). The Kier molecular flexibility index (Phi) is 4.66. The summed E-state index contributed by atoms with van der Waals surface area (Å²) in [7, 11) is 0. The zero-order valence-electron chi connectivity index (χ0n) is 10.5. The number of nitrogens with two attached hydrogens (primary N) is 1. The molecule has 1 saturated heterocycles. The summed E-state index contributed by atoms with van der Waals surface area (Å²) in [5.41, 5.74) is 6.60. The number of rotatable bonds is 4. The highest BCUT2D eigenvalue weighted by atomic mass is 16.2. The third-order valence-electron chi connectivity index (χ3n) is 3.20. The van der Waals surface area contributed by atoms with E-state index in [0.717, 1.165) is 25.2 Å². The number of amides is 1. The van der Waals surface area contributed by atoms with Gasteiger partial charge in [0.1, 0.15) is 0 Å². The van der Waals surface area contributed by atoms with Crippen LogP contribution in [0.15, 0.2) is 24.4 Å². The number of aromatic nitrogens is 1. The van der Waals surface area contributed by atoms with Gasteiger partial charge in [-0.05, 0) is 31.5 Å². The van der Waals surface area contributed by atoms with Crippen molar-refractivity contribution in [3.63, 3.8) is 0 Å². The van der Waals surface area contributed by atoms with Gasteiger partial charge in [0, 0.05) is 25.8 Å². The highest BCUT2D eigenvalue weighted by Crippen LogP contribution is 2.12. The zero-order chi connectivity index (χ0) is 12.8. The Bertz CT molecular complexity index is 382. The van der Waals surface area contributed by atoms with E-state index >= 15 is 0 Å². The summed E-state index contributed by atoms with van der Waals surface area (Å²) in [5, 5.41) is 2.94. The average Bonchev–Trinajstić information content (AvgIpc) is 2.56. The molecule has 1 aromatic rings. The average molecular weight is 248 g/mol. The molecule has 0 radical (unpaired) electrons. The lowest BCUT2D eigenvalue weighted by atomic mass is 10.1. The fraction of sp³-hybridized carbons (Fsp3) is 0.538. The van der Waals surface area contributed by atoms with Crippen molar-refractivity contribution in [2.45, 2.75) is 25.4 Å². The number of carbonyl (C=O) groups is 1. The van der Waals surface area contributed by atoms with Crippen LogP contribution in [0.1, 0.15) is 18.5 Å². The third kappa shape index (κ3) is 3.27. The molecule has 5 heteroatoms. The largest absolute Gasteiger partial charge is 0.355 e. The monoisotopic (exact) mass is 248 g/mol. The number of hydrogen-bond donors (Lipinski definition) is 2. The summed E-state index contributed by atoms with van der Waals surface area (Å²) in [6.45, 7) is 2.88. The SMILES string of the molecule is NCCC1C(=O)NCCCN1Cc1ccccn1. The second kappa shape index (κ2) is 6.47. The topological polar surface area (TPSA) is 71.2 Å². The molecule has 18 heavy (non-hydrogen) atoms. The summed E-state index contributed by atoms with van der Waals surface area (Å²) in [6, 6.07) is 5.73. The van der Waals surface area contributed by atoms with Crippen molar-refractivity contribution < 1.29 is 4.79 Å². The molecule has 2 heterocycles. The molecule has 98 valence electrons. The number of carbonyl (C=O) groups excluding carboxylic acids is 1. The molecule has 5 nitrogen and oxygen atoms in total. The van der Waals surface area contributed by atoms with E-state index in [0.29, 0.717) is 19.5 Å². The Morgan fingerprint density at radius 2 is 2.39 bits per heavy atom. The van der Waals surface area contributed by atoms with Gasteiger partial charge in [0.15, 0.2) is 0 Å². The molecule has 1 unspecified atom stereocenters. The lowest BCUT2D eigenvalue weighted by molar-refractivity contribution is -0.125. The van der Waals surface area contributed by atoms with Gasteiger partial charge in [-0.15, -0.1) is 0 Å². The van der Waals surface area contributed by atoms with Gasteiger partial charge in [-0.1, -0.05) is 6.07 Å². The Morgan fingerprint density at radius 3 is 3.11 bits per heavy atom. The lowest BCUT2D eigenvalue weighted by Crippen LogP contribution is -2.45. The third-order valence-corrected chi connectivity index (χ3v) is 3.20. The zero-order valence-corrected chi connectivity index (χ0v) is 10.5. The van der Waals surface area contributed by atoms with Crippen LogP contribution in [0.4, 0.5) is 0 Å². The maximum absolute atomic E-state index is 12.0. The lowest BCUT2D eigenvalue weighted by Gasteiger charge is -2.27. The van der Waals surface area contributed by atoms with Gasteiger partial charge in [0.2, 0.25) is 5.91 Å². The molecule has 1 aliphatic rings. The van der Waals surface area contributed by atoms with E-state index in [4.69, 9.17) is 5.73 Å². The summed E-state index contributed by atoms with van der Waals surface area (Å²) >= 11 is 0. The molecule has 0 saturated carbocycles. The minimum atomic E-state index is -0.125. The number of nitrogens with zero attached hydrogens (tertiary/aromatic N) is 2. The van der Waals surface area contributed by atoms with Crippen molar-refractivity contribution in [3.05, 3.63) is 30.1 Å². The van der Waals surface area contributed by atoms with Gasteiger partial charge in [-0.25, -0.2) is 0 Å². The van der Waals surface area contributed by atoms with Crippen LogP contribution in [0.25, 0.3) is 0 Å². The van der Waals surface area contributed by atoms with Crippen LogP contribution in [-0.2, 0) is 11.3 Å². The first-order valence-corrected chi connectivity index (χ1v) is 6.43. The minimum absolute atomic E-state index is 0.0916. The molecule has 0 aliphatic carbocycles. The Labute approximate surface area is 107 Å². The first-order valence-electron chi connectivity index (χ1n) is 6.43. The molecule has 0 aromatic carbocycles. The Morgan fingerprint density at radius 1 is 1.50 bits per heavy atom. The van der Waals surface area contributed by atoms with Crippen LogP contribution in [0, 0.1) is 0 Å². The molecule has 1 aromatic heterocycles. The van der Waals surface area contributed by atoms with E-state index in [-0.39, 0.29) is 11.9 Å². The van der Waals surface area contributed by atoms with Crippen molar-refractivity contribution in [1.29, 1.82) is 0 Å². The summed E-state index contributed by atoms with van der Waals surface area (Å²) < 4.78 is 0. The number of nitrogens with one attached hydrogen (secondary N) is 1. The van der Waals surface area contributed by atoms with E-state index in [1.165, 1.54) is 0 Å². The summed E-state index contributed by atoms with van der Waals surface area (Å²) in [6.07, 6.45) is 3.45. The second-order valence-corrected chi connectivity index (χ2v) is 4.53. The van der Waals surface area contributed by atoms with Gasteiger partial charge in [-0.2, -0.15) is 0 Å². The molecule has 0 bridgehead atoms. The Hall–Kier alpha value is -1.46. The van der Waals surface area contributed by atoms with E-state index < -0.39 is 0 Å². The van der Waals surface area contributed by atoms with Crippen LogP contribution in [0.5, 0.6) is 0 Å². The van der Waals surface area contributed by atoms with E-state index in [1.807, 2.05) is 18.2 Å². The van der Waals surface area contributed by atoms with Crippen molar-refractivity contribution in [2.24, 2.45) is 5.73 Å². The number of hydrogen-bond acceptors (Lipinski definition) is 4. The van der Waals surface area contributed by atoms with Crippen molar-refractivity contribution in [2.75, 3.05) is 19.6 Å². The van der Waals surface area contributed by atoms with Crippen LogP contribution in [0.2, 0.25) is 0 Å². The molecule has 0 spiro atoms. The molecular weight excluding hydrogens is 228 g/mol. The minimum Gasteiger partial charge on any atom is -0.355 e. The molecule has 2 rings (SSSR count). The predicted octanol–water partition coefficient (Wildman–Crippen LogP) is 0.121. The highest BCUT2D eigenvalue weighted by Gasteiger charge is 2.27. The maximum atomic E-state index is 12.0. The Balaban J connectivity index is 2.09. The van der Waals surface area contributed by atoms with Crippen LogP contribution in [0.3, 0.4) is 0 Å². The molecule has 1 fully saturated rings.